The highest BCUT2D eigenvalue weighted by Gasteiger charge is 2.31. The van der Waals surface area contributed by atoms with Crippen LogP contribution in [0.25, 0.3) is 11.3 Å². The Morgan fingerprint density at radius 2 is 1.86 bits per heavy atom. The normalized spacial score (nSPS) is 14.0. The van der Waals surface area contributed by atoms with Gasteiger partial charge in [-0.15, -0.1) is 0 Å². The third-order valence-electron chi connectivity index (χ3n) is 5.75. The van der Waals surface area contributed by atoms with E-state index >= 15 is 0 Å². The number of rotatable bonds is 4. The van der Waals surface area contributed by atoms with E-state index in [1.807, 2.05) is 43.3 Å². The monoisotopic (exact) mass is 387 g/mol. The average molecular weight is 387 g/mol. The van der Waals surface area contributed by atoms with Crippen molar-refractivity contribution in [1.82, 2.24) is 9.78 Å². The van der Waals surface area contributed by atoms with Crippen LogP contribution in [0.1, 0.15) is 36.1 Å². The molecule has 1 amide bonds. The summed E-state index contributed by atoms with van der Waals surface area (Å²) < 4.78 is 1.35. The van der Waals surface area contributed by atoms with E-state index in [1.165, 1.54) is 27.4 Å². The molecule has 0 spiro atoms. The number of hydrogen-bond donors (Lipinski definition) is 0. The number of hydrogen-bond acceptors (Lipinski definition) is 3. The zero-order chi connectivity index (χ0) is 20.5. The van der Waals surface area contributed by atoms with E-state index in [4.69, 9.17) is 0 Å². The summed E-state index contributed by atoms with van der Waals surface area (Å²) in [7, 11) is 0. The molecule has 0 N–H and O–H groups in total. The lowest BCUT2D eigenvalue weighted by Gasteiger charge is -2.24. The van der Waals surface area contributed by atoms with Crippen LogP contribution in [0.4, 0.5) is 5.69 Å². The van der Waals surface area contributed by atoms with Gasteiger partial charge in [0.2, 0.25) is 0 Å². The molecule has 3 aromatic rings. The quantitative estimate of drug-likeness (QED) is 0.678. The summed E-state index contributed by atoms with van der Waals surface area (Å²) in [5.41, 5.74) is 5.85. The van der Waals surface area contributed by atoms with Crippen LogP contribution in [-0.4, -0.2) is 22.2 Å². The zero-order valence-corrected chi connectivity index (χ0v) is 17.1. The van der Waals surface area contributed by atoms with Gasteiger partial charge in [0.05, 0.1) is 5.69 Å². The lowest BCUT2D eigenvalue weighted by molar-refractivity contribution is -0.122. The molecule has 1 aliphatic heterocycles. The van der Waals surface area contributed by atoms with Gasteiger partial charge < -0.3 is 4.90 Å². The Morgan fingerprint density at radius 1 is 1.07 bits per heavy atom. The van der Waals surface area contributed by atoms with E-state index in [2.05, 4.69) is 25.0 Å². The molecule has 0 aliphatic carbocycles. The molecule has 5 nitrogen and oxygen atoms in total. The van der Waals surface area contributed by atoms with Crippen molar-refractivity contribution in [3.8, 4) is 11.3 Å². The number of benzene rings is 2. The fourth-order valence-electron chi connectivity index (χ4n) is 3.90. The Kier molecular flexibility index (Phi) is 5.05. The van der Waals surface area contributed by atoms with Crippen molar-refractivity contribution >= 4 is 11.6 Å². The number of anilines is 1. The Balaban J connectivity index is 1.71. The third-order valence-corrected chi connectivity index (χ3v) is 5.75. The van der Waals surface area contributed by atoms with Crippen LogP contribution in [0, 0.1) is 13.8 Å². The summed E-state index contributed by atoms with van der Waals surface area (Å²) in [6.07, 6.45) is 1.34. The van der Waals surface area contributed by atoms with E-state index in [0.717, 1.165) is 17.7 Å². The minimum atomic E-state index is -0.625. The summed E-state index contributed by atoms with van der Waals surface area (Å²) >= 11 is 0. The maximum Gasteiger partial charge on any atom is 0.267 e. The number of fused-ring (bicyclic) bond motifs is 1. The number of carbonyl (C=O) groups excluding carboxylic acids is 1. The van der Waals surface area contributed by atoms with Crippen molar-refractivity contribution in [3.05, 3.63) is 81.6 Å². The molecular weight excluding hydrogens is 362 g/mol. The smallest absolute Gasteiger partial charge is 0.267 e. The summed E-state index contributed by atoms with van der Waals surface area (Å²) in [5, 5.41) is 4.59. The standard InChI is InChI=1S/C24H25N3O2/c1-4-21(24(29)26-14-13-18-7-5-6-8-22(18)26)27-23(28)12-11-20(25-27)19-10-9-16(2)17(3)15-19/h5-12,15,21H,4,13-14H2,1-3H3/t21-/m1/s1. The number of carbonyl (C=O) groups is 1. The fourth-order valence-corrected chi connectivity index (χ4v) is 3.90. The van der Waals surface area contributed by atoms with Crippen molar-refractivity contribution in [2.75, 3.05) is 11.4 Å². The van der Waals surface area contributed by atoms with E-state index < -0.39 is 6.04 Å². The zero-order valence-electron chi connectivity index (χ0n) is 17.1. The molecule has 1 aromatic heterocycles. The van der Waals surface area contributed by atoms with E-state index in [1.54, 1.807) is 11.0 Å². The predicted molar refractivity (Wildman–Crippen MR) is 115 cm³/mol. The highest BCUT2D eigenvalue weighted by Crippen LogP contribution is 2.30. The molecule has 4 rings (SSSR count). The molecule has 0 saturated heterocycles. The lowest BCUT2D eigenvalue weighted by Crippen LogP contribution is -2.40. The minimum Gasteiger partial charge on any atom is -0.310 e. The summed E-state index contributed by atoms with van der Waals surface area (Å²) in [5.74, 6) is -0.0794. The van der Waals surface area contributed by atoms with Gasteiger partial charge in [0.1, 0.15) is 6.04 Å². The number of nitrogens with zero attached hydrogens (tertiary/aromatic N) is 3. The van der Waals surface area contributed by atoms with Crippen LogP contribution in [-0.2, 0) is 11.2 Å². The molecule has 0 fully saturated rings. The van der Waals surface area contributed by atoms with Crippen molar-refractivity contribution < 1.29 is 4.79 Å². The molecule has 2 heterocycles. The Bertz CT molecular complexity index is 1130. The Morgan fingerprint density at radius 3 is 2.62 bits per heavy atom. The number of aromatic nitrogens is 2. The molecule has 2 aromatic carbocycles. The van der Waals surface area contributed by atoms with E-state index in [0.29, 0.717) is 18.7 Å². The highest BCUT2D eigenvalue weighted by molar-refractivity contribution is 5.97. The van der Waals surface area contributed by atoms with Gasteiger partial charge >= 0.3 is 0 Å². The molecule has 5 heteroatoms. The first kappa shape index (κ1) is 19.1. The van der Waals surface area contributed by atoms with Gasteiger partial charge in [0.15, 0.2) is 0 Å². The molecule has 0 saturated carbocycles. The van der Waals surface area contributed by atoms with Crippen LogP contribution >= 0.6 is 0 Å². The highest BCUT2D eigenvalue weighted by atomic mass is 16.2. The lowest BCUT2D eigenvalue weighted by atomic mass is 10.0. The van der Waals surface area contributed by atoms with E-state index in [9.17, 15) is 9.59 Å². The van der Waals surface area contributed by atoms with Crippen LogP contribution in [0.3, 0.4) is 0 Å². The van der Waals surface area contributed by atoms with Gasteiger partial charge in [-0.05, 0) is 61.6 Å². The predicted octanol–water partition coefficient (Wildman–Crippen LogP) is 4.07. The molecular formula is C24H25N3O2. The number of aryl methyl sites for hydroxylation is 2. The maximum atomic E-state index is 13.4. The van der Waals surface area contributed by atoms with Crippen LogP contribution < -0.4 is 10.5 Å². The van der Waals surface area contributed by atoms with E-state index in [-0.39, 0.29) is 11.5 Å². The maximum absolute atomic E-state index is 13.4. The molecule has 0 unspecified atom stereocenters. The van der Waals surface area contributed by atoms with Crippen LogP contribution in [0.2, 0.25) is 0 Å². The molecule has 1 aliphatic rings. The first-order valence-corrected chi connectivity index (χ1v) is 10.1. The van der Waals surface area contributed by atoms with Gasteiger partial charge in [-0.25, -0.2) is 4.68 Å². The second-order valence-electron chi connectivity index (χ2n) is 7.59. The molecule has 0 bridgehead atoms. The van der Waals surface area contributed by atoms with Crippen molar-refractivity contribution in [2.45, 2.75) is 39.7 Å². The van der Waals surface area contributed by atoms with Gasteiger partial charge in [-0.3, -0.25) is 9.59 Å². The Labute approximate surface area is 170 Å². The first-order valence-electron chi connectivity index (χ1n) is 10.1. The number of amides is 1. The second-order valence-corrected chi connectivity index (χ2v) is 7.59. The summed E-state index contributed by atoms with van der Waals surface area (Å²) in [6.45, 7) is 6.67. The van der Waals surface area contributed by atoms with Crippen LogP contribution in [0.15, 0.2) is 59.4 Å². The third kappa shape index (κ3) is 3.48. The second kappa shape index (κ2) is 7.66. The fraction of sp³-hybridized carbons (Fsp3) is 0.292. The molecule has 148 valence electrons. The van der Waals surface area contributed by atoms with Crippen LogP contribution in [0.5, 0.6) is 0 Å². The van der Waals surface area contributed by atoms with Gasteiger partial charge in [0, 0.05) is 23.9 Å². The topological polar surface area (TPSA) is 55.2 Å². The van der Waals surface area contributed by atoms with Gasteiger partial charge in [-0.1, -0.05) is 37.3 Å². The Hall–Kier alpha value is -3.21. The molecule has 29 heavy (non-hydrogen) atoms. The minimum absolute atomic E-state index is 0.0794. The molecule has 1 atom stereocenters. The number of para-hydroxylation sites is 1. The van der Waals surface area contributed by atoms with Crippen molar-refractivity contribution in [3.63, 3.8) is 0 Å². The summed E-state index contributed by atoms with van der Waals surface area (Å²) in [4.78, 5) is 27.8. The van der Waals surface area contributed by atoms with Crippen molar-refractivity contribution in [1.29, 1.82) is 0 Å². The summed E-state index contributed by atoms with van der Waals surface area (Å²) in [6, 6.07) is 16.7. The van der Waals surface area contributed by atoms with Gasteiger partial charge in [-0.2, -0.15) is 5.10 Å². The SMILES string of the molecule is CC[C@H](C(=O)N1CCc2ccccc21)n1nc(-c2ccc(C)c(C)c2)ccc1=O. The average Bonchev–Trinajstić information content (AvgIpc) is 3.16. The largest absolute Gasteiger partial charge is 0.310 e. The first-order chi connectivity index (χ1) is 14.0. The molecule has 0 radical (unpaired) electrons. The van der Waals surface area contributed by atoms with Gasteiger partial charge in [0.25, 0.3) is 11.5 Å². The van der Waals surface area contributed by atoms with Crippen molar-refractivity contribution in [2.24, 2.45) is 0 Å².